The largest absolute Gasteiger partial charge is 0.252 e. The Hall–Kier alpha value is -1.67. The van der Waals surface area contributed by atoms with Crippen LogP contribution in [0.25, 0.3) is 5.69 Å². The van der Waals surface area contributed by atoms with Gasteiger partial charge in [-0.05, 0) is 35.6 Å². The molecule has 5 nitrogen and oxygen atoms in total. The number of hydrogen-bond acceptors (Lipinski definition) is 4. The molecule has 0 aliphatic heterocycles. The molecule has 0 spiro atoms. The Morgan fingerprint density at radius 3 is 2.44 bits per heavy atom. The number of nitrogens with zero attached hydrogens (tertiary/aromatic N) is 2. The maximum Gasteiger partial charge on any atom is 0.252 e. The lowest BCUT2D eigenvalue weighted by Crippen LogP contribution is -2.34. The standard InChI is InChI=1S/C19H22ClN3O2S2/c1-3-14(4-2)18(22-27(24,25)19-16(20)11-13-26-19)17-10-12-21-23(17)15-8-6-5-7-9-15/h5-14,18,22H,3-4H2,1-2H3. The second-order valence-electron chi connectivity index (χ2n) is 6.23. The monoisotopic (exact) mass is 423 g/mol. The van der Waals surface area contributed by atoms with Crippen molar-refractivity contribution in [3.05, 3.63) is 64.8 Å². The highest BCUT2D eigenvalue weighted by Crippen LogP contribution is 2.33. The Morgan fingerprint density at radius 2 is 1.85 bits per heavy atom. The van der Waals surface area contributed by atoms with Gasteiger partial charge in [-0.1, -0.05) is 56.5 Å². The number of halogens is 1. The Kier molecular flexibility index (Phi) is 6.37. The Balaban J connectivity index is 2.04. The van der Waals surface area contributed by atoms with E-state index < -0.39 is 16.1 Å². The lowest BCUT2D eigenvalue weighted by Gasteiger charge is -2.27. The van der Waals surface area contributed by atoms with Gasteiger partial charge in [0, 0.05) is 6.20 Å². The van der Waals surface area contributed by atoms with Crippen LogP contribution in [0.5, 0.6) is 0 Å². The first-order chi connectivity index (χ1) is 13.0. The molecule has 1 atom stereocenters. The van der Waals surface area contributed by atoms with Gasteiger partial charge in [-0.15, -0.1) is 11.3 Å². The third-order valence-electron chi connectivity index (χ3n) is 4.62. The number of aromatic nitrogens is 2. The van der Waals surface area contributed by atoms with Crippen LogP contribution in [0.15, 0.2) is 58.3 Å². The first kappa shape index (κ1) is 20.1. The topological polar surface area (TPSA) is 64.0 Å². The first-order valence-electron chi connectivity index (χ1n) is 8.82. The van der Waals surface area contributed by atoms with Crippen LogP contribution in [0.2, 0.25) is 5.02 Å². The quantitative estimate of drug-likeness (QED) is 0.551. The van der Waals surface area contributed by atoms with Crippen molar-refractivity contribution >= 4 is 33.0 Å². The van der Waals surface area contributed by atoms with Crippen LogP contribution >= 0.6 is 22.9 Å². The Labute approximate surface area is 169 Å². The van der Waals surface area contributed by atoms with Crippen LogP contribution in [0.4, 0.5) is 0 Å². The van der Waals surface area contributed by atoms with Gasteiger partial charge in [-0.3, -0.25) is 0 Å². The molecule has 2 aromatic heterocycles. The normalized spacial score (nSPS) is 13.2. The number of hydrogen-bond donors (Lipinski definition) is 1. The maximum absolute atomic E-state index is 13.0. The summed E-state index contributed by atoms with van der Waals surface area (Å²) in [5.41, 5.74) is 1.70. The van der Waals surface area contributed by atoms with Crippen molar-refractivity contribution in [1.29, 1.82) is 0 Å². The minimum atomic E-state index is -3.74. The number of thiophene rings is 1. The summed E-state index contributed by atoms with van der Waals surface area (Å²) < 4.78 is 30.8. The molecule has 1 N–H and O–H groups in total. The number of benzene rings is 1. The highest BCUT2D eigenvalue weighted by atomic mass is 35.5. The van der Waals surface area contributed by atoms with Crippen molar-refractivity contribution < 1.29 is 8.42 Å². The molecule has 0 amide bonds. The lowest BCUT2D eigenvalue weighted by molar-refractivity contribution is 0.366. The molecule has 0 radical (unpaired) electrons. The summed E-state index contributed by atoms with van der Waals surface area (Å²) in [6.45, 7) is 4.13. The smallest absolute Gasteiger partial charge is 0.236 e. The van der Waals surface area contributed by atoms with E-state index in [1.54, 1.807) is 22.3 Å². The Bertz CT molecular complexity index is 979. The molecule has 1 unspecified atom stereocenters. The second-order valence-corrected chi connectivity index (χ2v) is 9.47. The summed E-state index contributed by atoms with van der Waals surface area (Å²) in [4.78, 5) is 0. The molecule has 3 rings (SSSR count). The predicted octanol–water partition coefficient (Wildman–Crippen LogP) is 5.04. The fourth-order valence-corrected chi connectivity index (χ4v) is 6.17. The van der Waals surface area contributed by atoms with E-state index in [0.717, 1.165) is 35.6 Å². The summed E-state index contributed by atoms with van der Waals surface area (Å²) in [6, 6.07) is 12.8. The summed E-state index contributed by atoms with van der Waals surface area (Å²) >= 11 is 7.20. The van der Waals surface area contributed by atoms with Crippen molar-refractivity contribution in [2.45, 2.75) is 36.9 Å². The molecule has 0 fully saturated rings. The zero-order valence-electron chi connectivity index (χ0n) is 15.2. The van der Waals surface area contributed by atoms with E-state index in [1.165, 1.54) is 0 Å². The van der Waals surface area contributed by atoms with E-state index in [2.05, 4.69) is 23.7 Å². The van der Waals surface area contributed by atoms with Gasteiger partial charge < -0.3 is 0 Å². The molecule has 0 bridgehead atoms. The summed E-state index contributed by atoms with van der Waals surface area (Å²) in [5.74, 6) is 0.123. The van der Waals surface area contributed by atoms with Crippen molar-refractivity contribution in [3.8, 4) is 5.69 Å². The molecule has 144 valence electrons. The summed E-state index contributed by atoms with van der Waals surface area (Å²) in [7, 11) is -3.74. The molecule has 1 aromatic carbocycles. The number of nitrogens with one attached hydrogen (secondary N) is 1. The predicted molar refractivity (Wildman–Crippen MR) is 110 cm³/mol. The van der Waals surface area contributed by atoms with Gasteiger partial charge in [0.2, 0.25) is 0 Å². The van der Waals surface area contributed by atoms with Gasteiger partial charge in [-0.25, -0.2) is 17.8 Å². The first-order valence-corrected chi connectivity index (χ1v) is 11.6. The minimum absolute atomic E-state index is 0.123. The van der Waals surface area contributed by atoms with Crippen LogP contribution in [0.3, 0.4) is 0 Å². The van der Waals surface area contributed by atoms with Gasteiger partial charge in [-0.2, -0.15) is 5.10 Å². The number of para-hydroxylation sites is 1. The summed E-state index contributed by atoms with van der Waals surface area (Å²) in [5, 5.41) is 6.35. The van der Waals surface area contributed by atoms with Crippen molar-refractivity contribution in [1.82, 2.24) is 14.5 Å². The molecule has 8 heteroatoms. The number of sulfonamides is 1. The van der Waals surface area contributed by atoms with E-state index >= 15 is 0 Å². The van der Waals surface area contributed by atoms with E-state index in [1.807, 2.05) is 36.4 Å². The zero-order valence-corrected chi connectivity index (χ0v) is 17.6. The van der Waals surface area contributed by atoms with Gasteiger partial charge in [0.1, 0.15) is 0 Å². The van der Waals surface area contributed by atoms with Crippen LogP contribution < -0.4 is 4.72 Å². The highest BCUT2D eigenvalue weighted by Gasteiger charge is 2.31. The summed E-state index contributed by atoms with van der Waals surface area (Å²) in [6.07, 6.45) is 3.37. The van der Waals surface area contributed by atoms with E-state index in [9.17, 15) is 8.42 Å². The maximum atomic E-state index is 13.0. The van der Waals surface area contributed by atoms with Gasteiger partial charge >= 0.3 is 0 Å². The average molecular weight is 424 g/mol. The average Bonchev–Trinajstić information content (AvgIpc) is 3.31. The molecule has 0 saturated heterocycles. The third kappa shape index (κ3) is 4.27. The molecule has 0 saturated carbocycles. The van der Waals surface area contributed by atoms with E-state index in [-0.39, 0.29) is 15.1 Å². The van der Waals surface area contributed by atoms with Gasteiger partial charge in [0.15, 0.2) is 4.21 Å². The fraction of sp³-hybridized carbons (Fsp3) is 0.316. The van der Waals surface area contributed by atoms with Crippen molar-refractivity contribution in [2.75, 3.05) is 0 Å². The van der Waals surface area contributed by atoms with Crippen molar-refractivity contribution in [2.24, 2.45) is 5.92 Å². The van der Waals surface area contributed by atoms with Crippen LogP contribution in [0, 0.1) is 5.92 Å². The third-order valence-corrected chi connectivity index (χ3v) is 8.09. The van der Waals surface area contributed by atoms with Gasteiger partial charge in [0.25, 0.3) is 10.0 Å². The van der Waals surface area contributed by atoms with Crippen molar-refractivity contribution in [3.63, 3.8) is 0 Å². The van der Waals surface area contributed by atoms with Crippen LogP contribution in [-0.2, 0) is 10.0 Å². The second kappa shape index (κ2) is 8.56. The molecular formula is C19H22ClN3O2S2. The molecule has 3 aromatic rings. The molecule has 2 heterocycles. The highest BCUT2D eigenvalue weighted by molar-refractivity contribution is 7.91. The van der Waals surface area contributed by atoms with Gasteiger partial charge in [0.05, 0.1) is 22.4 Å². The Morgan fingerprint density at radius 1 is 1.15 bits per heavy atom. The molecule has 27 heavy (non-hydrogen) atoms. The van der Waals surface area contributed by atoms with E-state index in [4.69, 9.17) is 11.6 Å². The minimum Gasteiger partial charge on any atom is -0.236 e. The zero-order chi connectivity index (χ0) is 19.4. The molecule has 0 aliphatic carbocycles. The van der Waals surface area contributed by atoms with Crippen LogP contribution in [-0.4, -0.2) is 18.2 Å². The lowest BCUT2D eigenvalue weighted by atomic mass is 9.92. The molecular weight excluding hydrogens is 402 g/mol. The SMILES string of the molecule is CCC(CC)C(NS(=O)(=O)c1sccc1Cl)c1ccnn1-c1ccccc1. The fourth-order valence-electron chi connectivity index (χ4n) is 3.18. The molecule has 0 aliphatic rings. The van der Waals surface area contributed by atoms with Crippen LogP contribution in [0.1, 0.15) is 38.4 Å². The van der Waals surface area contributed by atoms with E-state index in [0.29, 0.717) is 0 Å². The number of rotatable bonds is 8.